The van der Waals surface area contributed by atoms with Gasteiger partial charge in [0.05, 0.1) is 11.1 Å². The fraction of sp³-hybridized carbons (Fsp3) is 0.102. The average Bonchev–Trinajstić information content (AvgIpc) is 3.58. The lowest BCUT2D eigenvalue weighted by molar-refractivity contribution is 0.0978. The van der Waals surface area contributed by atoms with E-state index in [1.807, 2.05) is 66.6 Å². The van der Waals surface area contributed by atoms with Crippen LogP contribution in [0.3, 0.4) is 0 Å². The molecule has 2 aliphatic rings. The van der Waals surface area contributed by atoms with E-state index in [4.69, 9.17) is 0 Å². The fourth-order valence-electron chi connectivity index (χ4n) is 7.12. The number of likely N-dealkylation sites (N-methyl/N-ethyl adjacent to an activating group) is 1. The normalized spacial score (nSPS) is 13.9. The number of allylic oxidation sites excluding steroid dienone is 5. The van der Waals surface area contributed by atoms with Gasteiger partial charge in [-0.15, -0.1) is 0 Å². The van der Waals surface area contributed by atoms with Gasteiger partial charge in [0.2, 0.25) is 0 Å². The molecule has 0 fully saturated rings. The van der Waals surface area contributed by atoms with Gasteiger partial charge in [-0.05, 0) is 95.5 Å². The van der Waals surface area contributed by atoms with E-state index in [1.165, 1.54) is 28.8 Å². The molecule has 0 aromatic heterocycles. The maximum Gasteiger partial charge on any atom is 0.197 e. The first-order valence-electron chi connectivity index (χ1n) is 18.0. The second-order valence-electron chi connectivity index (χ2n) is 13.7. The van der Waals surface area contributed by atoms with Gasteiger partial charge >= 0.3 is 0 Å². The summed E-state index contributed by atoms with van der Waals surface area (Å²) in [6, 6.07) is 39.2. The van der Waals surface area contributed by atoms with E-state index in [0.717, 1.165) is 36.2 Å². The van der Waals surface area contributed by atoms with Crippen molar-refractivity contribution in [2.24, 2.45) is 0 Å². The molecule has 0 aliphatic heterocycles. The Morgan fingerprint density at radius 2 is 1.09 bits per heavy atom. The number of hydrogen-bond acceptors (Lipinski definition) is 5. The summed E-state index contributed by atoms with van der Waals surface area (Å²) < 4.78 is 0. The molecule has 264 valence electrons. The fourth-order valence-corrected chi connectivity index (χ4v) is 7.12. The molecule has 5 heteroatoms. The van der Waals surface area contributed by atoms with Crippen LogP contribution in [0.15, 0.2) is 170 Å². The third-order valence-corrected chi connectivity index (χ3v) is 10.2. The zero-order valence-electron chi connectivity index (χ0n) is 30.1. The molecule has 5 aromatic rings. The molecule has 0 heterocycles. The summed E-state index contributed by atoms with van der Waals surface area (Å²) in [5.74, 6) is -1.55. The highest BCUT2D eigenvalue weighted by molar-refractivity contribution is 6.45. The Hall–Kier alpha value is -6.72. The number of carbonyl (C=O) groups is 4. The molecule has 0 spiro atoms. The summed E-state index contributed by atoms with van der Waals surface area (Å²) in [7, 11) is 1.89. The van der Waals surface area contributed by atoms with Gasteiger partial charge < -0.3 is 4.90 Å². The van der Waals surface area contributed by atoms with Crippen LogP contribution in [0, 0.1) is 0 Å². The van der Waals surface area contributed by atoms with Crippen molar-refractivity contribution in [2.45, 2.75) is 25.2 Å². The minimum atomic E-state index is -0.465. The topological polar surface area (TPSA) is 71.5 Å². The number of Topliss-reactive ketones (excluding diaryl/α,β-unsaturated/α-hetero) is 4. The van der Waals surface area contributed by atoms with Crippen LogP contribution in [0.4, 0.5) is 5.69 Å². The van der Waals surface area contributed by atoms with Crippen molar-refractivity contribution in [1.29, 1.82) is 0 Å². The third-order valence-electron chi connectivity index (χ3n) is 10.2. The smallest absolute Gasteiger partial charge is 0.197 e. The Morgan fingerprint density at radius 1 is 0.630 bits per heavy atom. The SMILES string of the molecule is C=CC=CC(=C)N(C)c1ccc(C=C2C(=O)c3cc4c(cc3C2=O)C(=O)C(=Cc2ccc(C(CCc3ccccc3)Cc3ccccc3)cc2)C4=O)cc1. The predicted octanol–water partition coefficient (Wildman–Crippen LogP) is 10.3. The minimum Gasteiger partial charge on any atom is -0.345 e. The predicted molar refractivity (Wildman–Crippen MR) is 217 cm³/mol. The lowest BCUT2D eigenvalue weighted by atomic mass is 9.86. The van der Waals surface area contributed by atoms with Crippen LogP contribution in [-0.2, 0) is 12.8 Å². The Bertz CT molecular complexity index is 2340. The molecule has 5 nitrogen and oxygen atoms in total. The van der Waals surface area contributed by atoms with Crippen molar-refractivity contribution >= 4 is 41.0 Å². The van der Waals surface area contributed by atoms with Gasteiger partial charge in [0, 0.05) is 40.7 Å². The second kappa shape index (κ2) is 15.5. The number of aryl methyl sites for hydroxylation is 1. The second-order valence-corrected chi connectivity index (χ2v) is 13.7. The number of ketones is 4. The van der Waals surface area contributed by atoms with Crippen LogP contribution in [0.5, 0.6) is 0 Å². The summed E-state index contributed by atoms with van der Waals surface area (Å²) in [6.45, 7) is 7.73. The van der Waals surface area contributed by atoms with Crippen molar-refractivity contribution in [3.8, 4) is 0 Å². The molecule has 1 atom stereocenters. The van der Waals surface area contributed by atoms with E-state index >= 15 is 0 Å². The van der Waals surface area contributed by atoms with Crippen LogP contribution in [0.2, 0.25) is 0 Å². The van der Waals surface area contributed by atoms with Gasteiger partial charge in [-0.2, -0.15) is 0 Å². The Labute approximate surface area is 316 Å². The number of hydrogen-bond donors (Lipinski definition) is 0. The van der Waals surface area contributed by atoms with Crippen molar-refractivity contribution < 1.29 is 19.2 Å². The van der Waals surface area contributed by atoms with Crippen LogP contribution in [-0.4, -0.2) is 30.2 Å². The number of rotatable bonds is 12. The molecule has 0 radical (unpaired) electrons. The molecular weight excluding hydrogens is 667 g/mol. The molecule has 54 heavy (non-hydrogen) atoms. The summed E-state index contributed by atoms with van der Waals surface area (Å²) in [4.78, 5) is 56.3. The first kappa shape index (κ1) is 35.7. The monoisotopic (exact) mass is 705 g/mol. The van der Waals surface area contributed by atoms with Gasteiger partial charge in [-0.1, -0.05) is 122 Å². The summed E-state index contributed by atoms with van der Waals surface area (Å²) in [5.41, 5.74) is 7.38. The highest BCUT2D eigenvalue weighted by Gasteiger charge is 2.40. The maximum absolute atomic E-state index is 13.6. The third kappa shape index (κ3) is 7.30. The Kier molecular flexibility index (Phi) is 10.2. The first-order chi connectivity index (χ1) is 26.2. The zero-order chi connectivity index (χ0) is 37.8. The number of anilines is 1. The minimum absolute atomic E-state index is 0.00167. The van der Waals surface area contributed by atoms with Crippen molar-refractivity contribution in [2.75, 3.05) is 11.9 Å². The molecule has 2 aliphatic carbocycles. The summed E-state index contributed by atoms with van der Waals surface area (Å²) in [6.07, 6.45) is 11.3. The number of fused-ring (bicyclic) bond motifs is 2. The van der Waals surface area contributed by atoms with Crippen LogP contribution in [0.25, 0.3) is 12.2 Å². The van der Waals surface area contributed by atoms with E-state index < -0.39 is 23.1 Å². The number of benzene rings is 5. The highest BCUT2D eigenvalue weighted by atomic mass is 16.2. The molecule has 0 N–H and O–H groups in total. The maximum atomic E-state index is 13.6. The molecule has 0 saturated carbocycles. The van der Waals surface area contributed by atoms with Crippen LogP contribution >= 0.6 is 0 Å². The van der Waals surface area contributed by atoms with E-state index in [1.54, 1.807) is 24.3 Å². The standard InChI is InChI=1S/C49H39NO4/c1-4-5-12-32(2)50(3)39-25-20-36(21-26-39)29-45-48(53)42-30-40-41(31-43(42)49(45)54)47(52)44(46(40)51)28-35-18-22-37(23-19-35)38(27-34-15-10-7-11-16-34)24-17-33-13-8-6-9-14-33/h4-16,18-23,25-26,28-31,38H,1-2,17,24,27H2,3H3. The largest absolute Gasteiger partial charge is 0.345 e. The van der Waals surface area contributed by atoms with Crippen LogP contribution in [0.1, 0.15) is 81.6 Å². The van der Waals surface area contributed by atoms with Crippen molar-refractivity contribution in [3.63, 3.8) is 0 Å². The molecule has 0 bridgehead atoms. The van der Waals surface area contributed by atoms with E-state index in [0.29, 0.717) is 5.56 Å². The quantitative estimate of drug-likeness (QED) is 0.0734. The average molecular weight is 706 g/mol. The zero-order valence-corrected chi connectivity index (χ0v) is 30.1. The molecule has 1 unspecified atom stereocenters. The van der Waals surface area contributed by atoms with Gasteiger partial charge in [0.25, 0.3) is 0 Å². The van der Waals surface area contributed by atoms with Gasteiger partial charge in [-0.25, -0.2) is 0 Å². The summed E-state index contributed by atoms with van der Waals surface area (Å²) in [5, 5.41) is 0. The molecule has 0 amide bonds. The lowest BCUT2D eigenvalue weighted by Crippen LogP contribution is -2.13. The summed E-state index contributed by atoms with van der Waals surface area (Å²) >= 11 is 0. The lowest BCUT2D eigenvalue weighted by Gasteiger charge is -2.19. The van der Waals surface area contributed by atoms with Gasteiger partial charge in [-0.3, -0.25) is 19.2 Å². The molecular formula is C49H39NO4. The molecule has 5 aromatic carbocycles. The molecule has 0 saturated heterocycles. The van der Waals surface area contributed by atoms with Crippen LogP contribution < -0.4 is 4.90 Å². The molecule has 7 rings (SSSR count). The van der Waals surface area contributed by atoms with Gasteiger partial charge in [0.1, 0.15) is 0 Å². The Balaban J connectivity index is 1.09. The first-order valence-corrected chi connectivity index (χ1v) is 18.0. The number of nitrogens with zero attached hydrogens (tertiary/aromatic N) is 1. The van der Waals surface area contributed by atoms with Gasteiger partial charge in [0.15, 0.2) is 23.1 Å². The Morgan fingerprint density at radius 3 is 1.57 bits per heavy atom. The van der Waals surface area contributed by atoms with Crippen molar-refractivity contribution in [1.82, 2.24) is 0 Å². The van der Waals surface area contributed by atoms with E-state index in [9.17, 15) is 19.2 Å². The van der Waals surface area contributed by atoms with E-state index in [-0.39, 0.29) is 39.3 Å². The highest BCUT2D eigenvalue weighted by Crippen LogP contribution is 2.36. The van der Waals surface area contributed by atoms with E-state index in [2.05, 4.69) is 73.8 Å². The number of carbonyl (C=O) groups excluding carboxylic acids is 4. The van der Waals surface area contributed by atoms with Crippen molar-refractivity contribution in [3.05, 3.63) is 220 Å².